The van der Waals surface area contributed by atoms with Gasteiger partial charge in [0.05, 0.1) is 0 Å². The number of rotatable bonds is 0. The van der Waals surface area contributed by atoms with Crippen molar-refractivity contribution in [2.24, 2.45) is 0 Å². The van der Waals surface area contributed by atoms with Crippen LogP contribution in [-0.2, 0) is 0 Å². The fraction of sp³-hybridized carbons (Fsp3) is 0.333. The zero-order valence-corrected chi connectivity index (χ0v) is 8.72. The van der Waals surface area contributed by atoms with Crippen molar-refractivity contribution < 1.29 is 8.78 Å². The molecule has 12 heavy (non-hydrogen) atoms. The van der Waals surface area contributed by atoms with E-state index in [1.54, 1.807) is 13.8 Å². The minimum absolute atomic E-state index is 0.0909. The Hall–Kier alpha value is -0.440. The van der Waals surface area contributed by atoms with E-state index in [0.29, 0.717) is 15.6 Å². The van der Waals surface area contributed by atoms with Gasteiger partial charge in [-0.25, -0.2) is 8.78 Å². The van der Waals surface area contributed by atoms with E-state index in [4.69, 9.17) is 0 Å². The number of hydrogen-bond acceptors (Lipinski definition) is 0. The SMILES string of the molecule is Cc1c(F)c(C)c(Br)c(C)c1F. The third kappa shape index (κ3) is 1.26. The first kappa shape index (κ1) is 9.65. The zero-order valence-electron chi connectivity index (χ0n) is 7.13. The van der Waals surface area contributed by atoms with E-state index in [1.807, 2.05) is 0 Å². The van der Waals surface area contributed by atoms with E-state index in [9.17, 15) is 8.78 Å². The van der Waals surface area contributed by atoms with Crippen molar-refractivity contribution in [1.82, 2.24) is 0 Å². The Bertz CT molecular complexity index is 227. The summed E-state index contributed by atoms with van der Waals surface area (Å²) in [6, 6.07) is 0. The number of hydrogen-bond donors (Lipinski definition) is 0. The molecule has 0 fully saturated rings. The van der Waals surface area contributed by atoms with Gasteiger partial charge in [0, 0.05) is 10.0 Å². The summed E-state index contributed by atoms with van der Waals surface area (Å²) in [4.78, 5) is 0. The number of halogens is 3. The van der Waals surface area contributed by atoms with Gasteiger partial charge in [0.2, 0.25) is 0 Å². The zero-order chi connectivity index (χ0) is 9.46. The molecule has 3 heteroatoms. The van der Waals surface area contributed by atoms with Crippen LogP contribution in [0.2, 0.25) is 0 Å². The lowest BCUT2D eigenvalue weighted by molar-refractivity contribution is 0.555. The maximum absolute atomic E-state index is 13.2. The van der Waals surface area contributed by atoms with Crippen molar-refractivity contribution in [1.29, 1.82) is 0 Å². The summed E-state index contributed by atoms with van der Waals surface area (Å²) in [6.07, 6.45) is 0. The van der Waals surface area contributed by atoms with Gasteiger partial charge in [0.25, 0.3) is 0 Å². The van der Waals surface area contributed by atoms with Gasteiger partial charge in [-0.05, 0) is 31.9 Å². The van der Waals surface area contributed by atoms with Crippen LogP contribution in [0.1, 0.15) is 16.7 Å². The predicted octanol–water partition coefficient (Wildman–Crippen LogP) is 3.65. The molecular weight excluding hydrogens is 226 g/mol. The second kappa shape index (κ2) is 3.13. The second-order valence-corrected chi connectivity index (χ2v) is 3.61. The molecule has 0 aliphatic heterocycles. The summed E-state index contributed by atoms with van der Waals surface area (Å²) < 4.78 is 26.8. The molecule has 0 saturated heterocycles. The molecule has 1 aromatic carbocycles. The highest BCUT2D eigenvalue weighted by Crippen LogP contribution is 2.28. The van der Waals surface area contributed by atoms with Crippen LogP contribution >= 0.6 is 15.9 Å². The monoisotopic (exact) mass is 234 g/mol. The molecule has 1 aromatic rings. The van der Waals surface area contributed by atoms with Crippen molar-refractivity contribution in [2.75, 3.05) is 0 Å². The van der Waals surface area contributed by atoms with E-state index in [2.05, 4.69) is 15.9 Å². The van der Waals surface area contributed by atoms with E-state index in [0.717, 1.165) is 0 Å². The smallest absolute Gasteiger partial charge is 0.133 e. The molecule has 0 nitrogen and oxygen atoms in total. The van der Waals surface area contributed by atoms with E-state index < -0.39 is 11.6 Å². The summed E-state index contributed by atoms with van der Waals surface area (Å²) in [5.74, 6) is -0.935. The first-order valence-corrected chi connectivity index (χ1v) is 4.36. The third-order valence-corrected chi connectivity index (χ3v) is 3.16. The van der Waals surface area contributed by atoms with Crippen LogP contribution in [-0.4, -0.2) is 0 Å². The van der Waals surface area contributed by atoms with Gasteiger partial charge in [-0.3, -0.25) is 0 Å². The molecule has 0 unspecified atom stereocenters. The molecule has 0 spiro atoms. The molecule has 0 heterocycles. The summed E-state index contributed by atoms with van der Waals surface area (Å²) in [5, 5.41) is 0. The van der Waals surface area contributed by atoms with Crippen molar-refractivity contribution in [3.8, 4) is 0 Å². The fourth-order valence-electron chi connectivity index (χ4n) is 1.13. The van der Waals surface area contributed by atoms with Gasteiger partial charge in [-0.2, -0.15) is 0 Å². The highest BCUT2D eigenvalue weighted by Gasteiger charge is 2.14. The van der Waals surface area contributed by atoms with Crippen LogP contribution in [0.25, 0.3) is 0 Å². The maximum Gasteiger partial charge on any atom is 0.133 e. The molecule has 66 valence electrons. The lowest BCUT2D eigenvalue weighted by atomic mass is 10.1. The highest BCUT2D eigenvalue weighted by molar-refractivity contribution is 9.10. The van der Waals surface area contributed by atoms with Crippen molar-refractivity contribution >= 4 is 15.9 Å². The molecule has 0 bridgehead atoms. The Morgan fingerprint density at radius 1 is 0.833 bits per heavy atom. The molecular formula is C9H9BrF2. The molecule has 0 atom stereocenters. The molecule has 1 rings (SSSR count). The van der Waals surface area contributed by atoms with Gasteiger partial charge in [0.15, 0.2) is 0 Å². The minimum Gasteiger partial charge on any atom is -0.206 e. The Morgan fingerprint density at radius 3 is 1.50 bits per heavy atom. The Balaban J connectivity index is 3.60. The van der Waals surface area contributed by atoms with Crippen LogP contribution in [0.5, 0.6) is 0 Å². The van der Waals surface area contributed by atoms with Gasteiger partial charge >= 0.3 is 0 Å². The molecule has 0 N–H and O–H groups in total. The summed E-state index contributed by atoms with van der Waals surface area (Å²) in [5.41, 5.74) is 1.02. The van der Waals surface area contributed by atoms with Crippen LogP contribution in [0, 0.1) is 32.4 Å². The molecule has 0 amide bonds. The average Bonchev–Trinajstić information content (AvgIpc) is 2.08. The Kier molecular flexibility index (Phi) is 2.52. The van der Waals surface area contributed by atoms with Crippen molar-refractivity contribution in [3.63, 3.8) is 0 Å². The van der Waals surface area contributed by atoms with Gasteiger partial charge in [-0.1, -0.05) is 15.9 Å². The fourth-order valence-corrected chi connectivity index (χ4v) is 1.48. The van der Waals surface area contributed by atoms with Gasteiger partial charge < -0.3 is 0 Å². The lowest BCUT2D eigenvalue weighted by Crippen LogP contribution is -1.98. The molecule has 0 aliphatic rings. The summed E-state index contributed by atoms with van der Waals surface area (Å²) in [6.45, 7) is 4.69. The van der Waals surface area contributed by atoms with Gasteiger partial charge in [-0.15, -0.1) is 0 Å². The predicted molar refractivity (Wildman–Crippen MR) is 48.3 cm³/mol. The Labute approximate surface area is 78.7 Å². The van der Waals surface area contributed by atoms with Crippen LogP contribution in [0.3, 0.4) is 0 Å². The number of benzene rings is 1. The highest BCUT2D eigenvalue weighted by atomic mass is 79.9. The van der Waals surface area contributed by atoms with Crippen LogP contribution < -0.4 is 0 Å². The lowest BCUT2D eigenvalue weighted by Gasteiger charge is -2.08. The van der Waals surface area contributed by atoms with E-state index in [-0.39, 0.29) is 5.56 Å². The van der Waals surface area contributed by atoms with E-state index in [1.165, 1.54) is 6.92 Å². The van der Waals surface area contributed by atoms with Crippen LogP contribution in [0.15, 0.2) is 4.47 Å². The standard InChI is InChI=1S/C9H9BrF2/c1-4-7(10)5(2)9(12)6(3)8(4)11/h1-3H3. The maximum atomic E-state index is 13.2. The van der Waals surface area contributed by atoms with E-state index >= 15 is 0 Å². The second-order valence-electron chi connectivity index (χ2n) is 2.82. The van der Waals surface area contributed by atoms with Gasteiger partial charge in [0.1, 0.15) is 11.6 Å². The molecule has 0 aliphatic carbocycles. The quantitative estimate of drug-likeness (QED) is 0.643. The first-order chi connectivity index (χ1) is 5.46. The normalized spacial score (nSPS) is 10.5. The average molecular weight is 235 g/mol. The topological polar surface area (TPSA) is 0 Å². The largest absolute Gasteiger partial charge is 0.206 e. The molecule has 0 saturated carbocycles. The van der Waals surface area contributed by atoms with Crippen molar-refractivity contribution in [2.45, 2.75) is 20.8 Å². The van der Waals surface area contributed by atoms with Crippen molar-refractivity contribution in [3.05, 3.63) is 32.8 Å². The summed E-state index contributed by atoms with van der Waals surface area (Å²) >= 11 is 3.13. The third-order valence-electron chi connectivity index (χ3n) is 1.98. The van der Waals surface area contributed by atoms with Crippen LogP contribution in [0.4, 0.5) is 8.78 Å². The molecule has 0 aromatic heterocycles. The minimum atomic E-state index is -0.468. The summed E-state index contributed by atoms with van der Waals surface area (Å²) in [7, 11) is 0. The first-order valence-electron chi connectivity index (χ1n) is 3.57. The molecule has 0 radical (unpaired) electrons. The Morgan fingerprint density at radius 2 is 1.17 bits per heavy atom.